The van der Waals surface area contributed by atoms with E-state index in [1.807, 2.05) is 0 Å². The number of rotatable bonds is 9. The molecule has 0 amide bonds. The summed E-state index contributed by atoms with van der Waals surface area (Å²) < 4.78 is 27.3. The van der Waals surface area contributed by atoms with E-state index >= 15 is 0 Å². The summed E-state index contributed by atoms with van der Waals surface area (Å²) in [5.41, 5.74) is 3.44. The lowest BCUT2D eigenvalue weighted by Gasteiger charge is -2.40. The van der Waals surface area contributed by atoms with Crippen LogP contribution in [0.4, 0.5) is 0 Å². The van der Waals surface area contributed by atoms with Gasteiger partial charge in [0, 0.05) is 51.2 Å². The first-order chi connectivity index (χ1) is 17.5. The highest BCUT2D eigenvalue weighted by Crippen LogP contribution is 2.43. The van der Waals surface area contributed by atoms with Gasteiger partial charge < -0.3 is 23.7 Å². The molecular weight excluding hydrogens is 480 g/mol. The summed E-state index contributed by atoms with van der Waals surface area (Å²) in [7, 11) is 0. The Morgan fingerprint density at radius 1 is 1.03 bits per heavy atom. The number of allylic oxidation sites excluding steroid dienone is 2. The second-order valence-electron chi connectivity index (χ2n) is 9.41. The normalized spacial score (nSPS) is 22.2. The second-order valence-corrected chi connectivity index (χ2v) is 9.41. The third kappa shape index (κ3) is 9.90. The Balaban J connectivity index is 2.43. The van der Waals surface area contributed by atoms with Crippen LogP contribution in [0.1, 0.15) is 66.7 Å². The molecular formula is C28H38O9. The van der Waals surface area contributed by atoms with Crippen LogP contribution in [0.3, 0.4) is 0 Å². The highest BCUT2D eigenvalue weighted by Gasteiger charge is 2.42. The van der Waals surface area contributed by atoms with Crippen molar-refractivity contribution in [3.05, 3.63) is 47.3 Å². The van der Waals surface area contributed by atoms with E-state index < -0.39 is 36.3 Å². The molecule has 4 atom stereocenters. The highest BCUT2D eigenvalue weighted by atomic mass is 16.7. The van der Waals surface area contributed by atoms with Crippen LogP contribution in [-0.2, 0) is 42.9 Å². The van der Waals surface area contributed by atoms with Crippen LogP contribution in [0.25, 0.3) is 0 Å². The average molecular weight is 519 g/mol. The van der Waals surface area contributed by atoms with E-state index in [1.54, 1.807) is 6.08 Å². The van der Waals surface area contributed by atoms with Crippen LogP contribution in [0, 0.1) is 11.8 Å². The third-order valence-electron chi connectivity index (χ3n) is 6.28. The molecule has 0 saturated heterocycles. The number of carbonyl (C=O) groups is 4. The minimum Gasteiger partial charge on any atom is -0.462 e. The monoisotopic (exact) mass is 518 g/mol. The Kier molecular flexibility index (Phi) is 11.6. The average Bonchev–Trinajstić information content (AvgIpc) is 2.86. The zero-order chi connectivity index (χ0) is 27.5. The minimum atomic E-state index is -0.825. The van der Waals surface area contributed by atoms with E-state index in [0.717, 1.165) is 24.0 Å². The van der Waals surface area contributed by atoms with E-state index in [0.29, 0.717) is 18.4 Å². The predicted octanol–water partition coefficient (Wildman–Crippen LogP) is 4.47. The topological polar surface area (TPSA) is 114 Å². The Morgan fingerprint density at radius 2 is 1.68 bits per heavy atom. The quantitative estimate of drug-likeness (QED) is 0.248. The summed E-state index contributed by atoms with van der Waals surface area (Å²) in [4.78, 5) is 46.6. The number of hydrogen-bond donors (Lipinski definition) is 0. The number of esters is 4. The molecule has 4 unspecified atom stereocenters. The summed E-state index contributed by atoms with van der Waals surface area (Å²) in [5, 5.41) is 0. The SMILES string of the molecule is C=C1CCC=C(C)CCC2C(C(CC=C(COC(C)=O)COC(C)=O)OC(C)=O)=COC(OC(C)=O)C12. The van der Waals surface area contributed by atoms with Crippen molar-refractivity contribution >= 4 is 23.9 Å². The lowest BCUT2D eigenvalue weighted by Crippen LogP contribution is -2.41. The lowest BCUT2D eigenvalue weighted by molar-refractivity contribution is -0.181. The molecule has 0 bridgehead atoms. The number of hydrogen-bond acceptors (Lipinski definition) is 9. The molecule has 0 N–H and O–H groups in total. The Labute approximate surface area is 218 Å². The maximum atomic E-state index is 12.1. The predicted molar refractivity (Wildman–Crippen MR) is 135 cm³/mol. The summed E-state index contributed by atoms with van der Waals surface area (Å²) >= 11 is 0. The largest absolute Gasteiger partial charge is 0.462 e. The zero-order valence-electron chi connectivity index (χ0n) is 22.4. The Hall–Kier alpha value is -3.36. The molecule has 0 saturated carbocycles. The van der Waals surface area contributed by atoms with Crippen LogP contribution in [0.15, 0.2) is 47.3 Å². The fourth-order valence-corrected chi connectivity index (χ4v) is 4.55. The van der Waals surface area contributed by atoms with Gasteiger partial charge in [0.2, 0.25) is 6.29 Å². The van der Waals surface area contributed by atoms with E-state index in [1.165, 1.54) is 39.5 Å². The molecule has 0 aromatic carbocycles. The molecule has 0 aromatic rings. The van der Waals surface area contributed by atoms with Gasteiger partial charge in [0.15, 0.2) is 0 Å². The van der Waals surface area contributed by atoms with Crippen molar-refractivity contribution < 1.29 is 42.9 Å². The Morgan fingerprint density at radius 3 is 2.24 bits per heavy atom. The fourth-order valence-electron chi connectivity index (χ4n) is 4.55. The summed E-state index contributed by atoms with van der Waals surface area (Å²) in [6.45, 7) is 11.5. The van der Waals surface area contributed by atoms with Gasteiger partial charge >= 0.3 is 23.9 Å². The smallest absolute Gasteiger partial charge is 0.305 e. The molecule has 9 nitrogen and oxygen atoms in total. The third-order valence-corrected chi connectivity index (χ3v) is 6.28. The van der Waals surface area contributed by atoms with Crippen LogP contribution < -0.4 is 0 Å². The molecule has 9 heteroatoms. The fraction of sp³-hybridized carbons (Fsp3) is 0.571. The van der Waals surface area contributed by atoms with Crippen molar-refractivity contribution in [1.82, 2.24) is 0 Å². The number of ether oxygens (including phenoxy) is 5. The van der Waals surface area contributed by atoms with Crippen molar-refractivity contribution in [2.45, 2.75) is 79.1 Å². The van der Waals surface area contributed by atoms with Gasteiger partial charge in [-0.3, -0.25) is 19.2 Å². The van der Waals surface area contributed by atoms with Gasteiger partial charge in [-0.05, 0) is 32.6 Å². The molecule has 1 aliphatic heterocycles. The molecule has 0 aromatic heterocycles. The lowest BCUT2D eigenvalue weighted by atomic mass is 9.74. The number of carbonyl (C=O) groups excluding carboxylic acids is 4. The van der Waals surface area contributed by atoms with Gasteiger partial charge in [-0.1, -0.05) is 29.9 Å². The molecule has 0 fully saturated rings. The molecule has 2 rings (SSSR count). The molecule has 1 aliphatic carbocycles. The van der Waals surface area contributed by atoms with Crippen molar-refractivity contribution in [3.63, 3.8) is 0 Å². The van der Waals surface area contributed by atoms with Crippen molar-refractivity contribution in [2.75, 3.05) is 13.2 Å². The van der Waals surface area contributed by atoms with E-state index in [4.69, 9.17) is 23.7 Å². The van der Waals surface area contributed by atoms with Crippen molar-refractivity contribution in [1.29, 1.82) is 0 Å². The molecule has 1 heterocycles. The van der Waals surface area contributed by atoms with Gasteiger partial charge in [0.1, 0.15) is 19.3 Å². The van der Waals surface area contributed by atoms with Gasteiger partial charge in [-0.15, -0.1) is 0 Å². The first-order valence-electron chi connectivity index (χ1n) is 12.5. The van der Waals surface area contributed by atoms with E-state index in [2.05, 4.69) is 19.6 Å². The maximum Gasteiger partial charge on any atom is 0.305 e. The van der Waals surface area contributed by atoms with Gasteiger partial charge in [-0.25, -0.2) is 0 Å². The molecule has 2 aliphatic rings. The van der Waals surface area contributed by atoms with Crippen molar-refractivity contribution in [2.24, 2.45) is 11.8 Å². The van der Waals surface area contributed by atoms with Crippen LogP contribution in [0.2, 0.25) is 0 Å². The first kappa shape index (κ1) is 29.9. The highest BCUT2D eigenvalue weighted by molar-refractivity contribution is 5.67. The molecule has 0 spiro atoms. The molecule has 37 heavy (non-hydrogen) atoms. The van der Waals surface area contributed by atoms with Crippen molar-refractivity contribution in [3.8, 4) is 0 Å². The molecule has 204 valence electrons. The standard InChI is InChI=1S/C28H38O9/c1-17-8-7-9-18(2)27-24(12-10-17)25(16-35-28(27)37-22(6)32)26(36-21(5)31)13-11-23(14-33-19(3)29)15-34-20(4)30/h8,11,16,24,26-28H,2,7,9-10,12-15H2,1,3-6H3. The zero-order valence-corrected chi connectivity index (χ0v) is 22.4. The summed E-state index contributed by atoms with van der Waals surface area (Å²) in [6, 6.07) is 0. The Bertz CT molecular complexity index is 952. The van der Waals surface area contributed by atoms with Gasteiger partial charge in [-0.2, -0.15) is 0 Å². The van der Waals surface area contributed by atoms with E-state index in [-0.39, 0.29) is 31.5 Å². The minimum absolute atomic E-state index is 0.0632. The van der Waals surface area contributed by atoms with Gasteiger partial charge in [0.25, 0.3) is 0 Å². The van der Waals surface area contributed by atoms with Gasteiger partial charge in [0.05, 0.1) is 12.2 Å². The van der Waals surface area contributed by atoms with Crippen LogP contribution in [-0.4, -0.2) is 49.5 Å². The summed E-state index contributed by atoms with van der Waals surface area (Å²) in [5.74, 6) is -2.34. The number of fused-ring (bicyclic) bond motifs is 1. The molecule has 0 radical (unpaired) electrons. The van der Waals surface area contributed by atoms with E-state index in [9.17, 15) is 19.2 Å². The first-order valence-corrected chi connectivity index (χ1v) is 12.5. The summed E-state index contributed by atoms with van der Waals surface area (Å²) in [6.07, 6.45) is 7.22. The maximum absolute atomic E-state index is 12.1. The second kappa shape index (κ2) is 14.4. The van der Waals surface area contributed by atoms with Crippen LogP contribution in [0.5, 0.6) is 0 Å². The van der Waals surface area contributed by atoms with Crippen LogP contribution >= 0.6 is 0 Å².